The number of hydrogen-bond acceptors (Lipinski definition) is 4. The average Bonchev–Trinajstić information content (AvgIpc) is 2.61. The summed E-state index contributed by atoms with van der Waals surface area (Å²) < 4.78 is 25.7. The zero-order valence-corrected chi connectivity index (χ0v) is 19.3. The molecule has 8 heteroatoms. The van der Waals surface area contributed by atoms with Crippen molar-refractivity contribution in [1.82, 2.24) is 20.3 Å². The number of benzene rings is 1. The summed E-state index contributed by atoms with van der Waals surface area (Å²) in [6, 6.07) is 8.94. The van der Waals surface area contributed by atoms with Crippen LogP contribution >= 0.6 is 0 Å². The van der Waals surface area contributed by atoms with Crippen LogP contribution in [0.5, 0.6) is 0 Å². The molecule has 1 aliphatic heterocycles. The molecule has 1 aliphatic rings. The number of likely N-dealkylation sites (tertiary alicyclic amines) is 1. The van der Waals surface area contributed by atoms with E-state index in [1.165, 1.54) is 17.4 Å². The molecule has 7 nitrogen and oxygen atoms in total. The molecule has 0 amide bonds. The maximum atomic E-state index is 11.5. The molecule has 0 bridgehead atoms. The van der Waals surface area contributed by atoms with Crippen molar-refractivity contribution in [3.63, 3.8) is 0 Å². The van der Waals surface area contributed by atoms with E-state index >= 15 is 0 Å². The monoisotopic (exact) mass is 423 g/mol. The molecule has 0 radical (unpaired) electrons. The third-order valence-corrected chi connectivity index (χ3v) is 5.95. The minimum atomic E-state index is -3.27. The lowest BCUT2D eigenvalue weighted by Crippen LogP contribution is -2.50. The lowest BCUT2D eigenvalue weighted by atomic mass is 10.0. The zero-order chi connectivity index (χ0) is 21.5. The Labute approximate surface area is 176 Å². The van der Waals surface area contributed by atoms with E-state index < -0.39 is 15.6 Å². The van der Waals surface area contributed by atoms with Crippen molar-refractivity contribution in [3.05, 3.63) is 35.4 Å². The van der Waals surface area contributed by atoms with Gasteiger partial charge in [0.05, 0.1) is 12.8 Å². The van der Waals surface area contributed by atoms with Gasteiger partial charge in [-0.3, -0.25) is 9.89 Å². The van der Waals surface area contributed by atoms with Crippen LogP contribution in [0.2, 0.25) is 0 Å². The molecule has 164 valence electrons. The molecule has 3 N–H and O–H groups in total. The van der Waals surface area contributed by atoms with Crippen LogP contribution in [-0.4, -0.2) is 63.3 Å². The predicted octanol–water partition coefficient (Wildman–Crippen LogP) is 1.84. The maximum Gasteiger partial charge on any atom is 0.209 e. The maximum absolute atomic E-state index is 11.5. The van der Waals surface area contributed by atoms with Gasteiger partial charge in [-0.25, -0.2) is 13.1 Å². The van der Waals surface area contributed by atoms with E-state index in [9.17, 15) is 8.42 Å². The van der Waals surface area contributed by atoms with E-state index in [0.29, 0.717) is 12.6 Å². The summed E-state index contributed by atoms with van der Waals surface area (Å²) >= 11 is 0. The highest BCUT2D eigenvalue weighted by Gasteiger charge is 2.23. The van der Waals surface area contributed by atoms with Crippen molar-refractivity contribution in [3.8, 4) is 0 Å². The molecular formula is C21H37N5O2S. The molecule has 0 atom stereocenters. The van der Waals surface area contributed by atoms with Crippen molar-refractivity contribution in [2.45, 2.75) is 58.7 Å². The van der Waals surface area contributed by atoms with Gasteiger partial charge in [0.25, 0.3) is 0 Å². The first kappa shape index (κ1) is 23.6. The molecule has 1 saturated heterocycles. The van der Waals surface area contributed by atoms with Gasteiger partial charge in [0.2, 0.25) is 10.0 Å². The number of rotatable bonds is 8. The van der Waals surface area contributed by atoms with E-state index in [0.717, 1.165) is 45.0 Å². The summed E-state index contributed by atoms with van der Waals surface area (Å²) in [7, 11) is -3.27. The number of hydrogen-bond donors (Lipinski definition) is 3. The van der Waals surface area contributed by atoms with Gasteiger partial charge in [-0.15, -0.1) is 0 Å². The first-order valence-electron chi connectivity index (χ1n) is 10.4. The molecule has 0 aromatic heterocycles. The van der Waals surface area contributed by atoms with Crippen molar-refractivity contribution in [2.75, 3.05) is 32.4 Å². The van der Waals surface area contributed by atoms with Crippen molar-refractivity contribution >= 4 is 16.0 Å². The van der Waals surface area contributed by atoms with Crippen molar-refractivity contribution in [1.29, 1.82) is 0 Å². The molecule has 0 spiro atoms. The van der Waals surface area contributed by atoms with E-state index in [1.807, 2.05) is 20.8 Å². The minimum Gasteiger partial charge on any atom is -0.357 e. The Morgan fingerprint density at radius 2 is 1.90 bits per heavy atom. The summed E-state index contributed by atoms with van der Waals surface area (Å²) in [4.78, 5) is 7.12. The molecular weight excluding hydrogens is 386 g/mol. The van der Waals surface area contributed by atoms with Crippen LogP contribution in [0.15, 0.2) is 29.3 Å². The third kappa shape index (κ3) is 8.72. The highest BCUT2D eigenvalue weighted by Crippen LogP contribution is 2.16. The summed E-state index contributed by atoms with van der Waals surface area (Å²) in [5.41, 5.74) is 2.11. The van der Waals surface area contributed by atoms with Gasteiger partial charge in [0.15, 0.2) is 5.96 Å². The number of guanidine groups is 1. The van der Waals surface area contributed by atoms with Crippen LogP contribution < -0.4 is 15.4 Å². The molecule has 1 heterocycles. The third-order valence-electron chi connectivity index (χ3n) is 5.02. The number of aliphatic imine (C=N–C) groups is 1. The molecule has 1 fully saturated rings. The second-order valence-electron chi connectivity index (χ2n) is 8.57. The summed E-state index contributed by atoms with van der Waals surface area (Å²) in [5.74, 6) is 0.744. The van der Waals surface area contributed by atoms with E-state index in [4.69, 9.17) is 0 Å². The molecule has 0 saturated carbocycles. The summed E-state index contributed by atoms with van der Waals surface area (Å²) in [5, 5.41) is 6.79. The number of piperidine rings is 1. The fourth-order valence-electron chi connectivity index (χ4n) is 3.59. The van der Waals surface area contributed by atoms with Gasteiger partial charge in [-0.05, 0) is 51.7 Å². The lowest BCUT2D eigenvalue weighted by Gasteiger charge is -2.33. The van der Waals surface area contributed by atoms with Gasteiger partial charge < -0.3 is 10.6 Å². The Kier molecular flexibility index (Phi) is 8.48. The molecule has 1 aromatic rings. The largest absolute Gasteiger partial charge is 0.357 e. The van der Waals surface area contributed by atoms with E-state index in [-0.39, 0.29) is 0 Å². The first-order valence-corrected chi connectivity index (χ1v) is 12.3. The number of nitrogens with zero attached hydrogens (tertiary/aromatic N) is 2. The molecule has 0 unspecified atom stereocenters. The minimum absolute atomic E-state index is 0.363. The first-order chi connectivity index (χ1) is 13.6. The fourth-order valence-corrected chi connectivity index (χ4v) is 4.66. The van der Waals surface area contributed by atoms with Crippen LogP contribution in [0.4, 0.5) is 0 Å². The standard InChI is InChI=1S/C21H37N5O2S/c1-6-22-20(23-16-21(3,4)25-29(5,27)28)24-19-11-13-26(14-12-19)15-18-10-8-7-9-17(18)2/h7-10,19,25H,6,11-16H2,1-5H3,(H2,22,23,24). The number of sulfonamides is 1. The highest BCUT2D eigenvalue weighted by atomic mass is 32.2. The number of aryl methyl sites for hydroxylation is 1. The quantitative estimate of drug-likeness (QED) is 0.439. The molecule has 0 aliphatic carbocycles. The average molecular weight is 424 g/mol. The second-order valence-corrected chi connectivity index (χ2v) is 10.3. The lowest BCUT2D eigenvalue weighted by molar-refractivity contribution is 0.198. The van der Waals surface area contributed by atoms with Crippen molar-refractivity contribution in [2.24, 2.45) is 4.99 Å². The molecule has 29 heavy (non-hydrogen) atoms. The normalized spacial score (nSPS) is 17.3. The number of nitrogens with one attached hydrogen (secondary N) is 3. The highest BCUT2D eigenvalue weighted by molar-refractivity contribution is 7.88. The van der Waals surface area contributed by atoms with Gasteiger partial charge in [-0.2, -0.15) is 0 Å². The summed E-state index contributed by atoms with van der Waals surface area (Å²) in [6.07, 6.45) is 3.29. The van der Waals surface area contributed by atoms with Crippen molar-refractivity contribution < 1.29 is 8.42 Å². The van der Waals surface area contributed by atoms with Crippen LogP contribution in [0.25, 0.3) is 0 Å². The SMILES string of the molecule is CCNC(=NCC(C)(C)NS(C)(=O)=O)NC1CCN(Cc2ccccc2C)CC1. The zero-order valence-electron chi connectivity index (χ0n) is 18.5. The van der Waals surface area contributed by atoms with E-state index in [2.05, 4.69) is 56.4 Å². The predicted molar refractivity (Wildman–Crippen MR) is 121 cm³/mol. The van der Waals surface area contributed by atoms with Crippen LogP contribution in [0.1, 0.15) is 44.7 Å². The smallest absolute Gasteiger partial charge is 0.209 e. The Balaban J connectivity index is 1.87. The Morgan fingerprint density at radius 1 is 1.24 bits per heavy atom. The Morgan fingerprint density at radius 3 is 2.48 bits per heavy atom. The van der Waals surface area contributed by atoms with Gasteiger partial charge in [-0.1, -0.05) is 24.3 Å². The Hall–Kier alpha value is -1.64. The van der Waals surface area contributed by atoms with Crippen LogP contribution in [0, 0.1) is 6.92 Å². The van der Waals surface area contributed by atoms with Gasteiger partial charge >= 0.3 is 0 Å². The second kappa shape index (κ2) is 10.4. The fraction of sp³-hybridized carbons (Fsp3) is 0.667. The van der Waals surface area contributed by atoms with Crippen LogP contribution in [-0.2, 0) is 16.6 Å². The molecule has 1 aromatic carbocycles. The van der Waals surface area contributed by atoms with Gasteiger partial charge in [0, 0.05) is 37.8 Å². The molecule has 2 rings (SSSR count). The summed E-state index contributed by atoms with van der Waals surface area (Å²) in [6.45, 7) is 12.1. The topological polar surface area (TPSA) is 85.8 Å². The Bertz CT molecular complexity index is 784. The van der Waals surface area contributed by atoms with Crippen LogP contribution in [0.3, 0.4) is 0 Å². The van der Waals surface area contributed by atoms with E-state index in [1.54, 1.807) is 0 Å². The van der Waals surface area contributed by atoms with Gasteiger partial charge in [0.1, 0.15) is 0 Å².